The van der Waals surface area contributed by atoms with E-state index in [4.69, 9.17) is 4.74 Å². The number of ether oxygens (including phenoxy) is 1. The highest BCUT2D eigenvalue weighted by Gasteiger charge is 2.06. The summed E-state index contributed by atoms with van der Waals surface area (Å²) >= 11 is 0. The third kappa shape index (κ3) is 4.30. The summed E-state index contributed by atoms with van der Waals surface area (Å²) in [4.78, 5) is 27.2. The first kappa shape index (κ1) is 17.7. The Morgan fingerprint density at radius 2 is 1.88 bits per heavy atom. The molecule has 0 saturated carbocycles. The van der Waals surface area contributed by atoms with E-state index in [2.05, 4.69) is 10.3 Å². The fourth-order valence-corrected chi connectivity index (χ4v) is 2.87. The summed E-state index contributed by atoms with van der Waals surface area (Å²) in [5, 5.41) is 3.86. The fraction of sp³-hybridized carbons (Fsp3) is 0.238. The largest absolute Gasteiger partial charge is 0.497 e. The Morgan fingerprint density at radius 1 is 1.12 bits per heavy atom. The molecule has 0 atom stereocenters. The number of H-pyrrole nitrogens is 1. The van der Waals surface area contributed by atoms with Gasteiger partial charge in [-0.05, 0) is 54.1 Å². The summed E-state index contributed by atoms with van der Waals surface area (Å²) in [7, 11) is 1.61. The van der Waals surface area contributed by atoms with Crippen molar-refractivity contribution in [3.05, 3.63) is 75.6 Å². The molecule has 0 aliphatic heterocycles. The van der Waals surface area contributed by atoms with Gasteiger partial charge in [0, 0.05) is 17.6 Å². The second-order valence-electron chi connectivity index (χ2n) is 6.34. The van der Waals surface area contributed by atoms with Crippen LogP contribution in [0.1, 0.15) is 16.7 Å². The third-order valence-electron chi connectivity index (χ3n) is 4.32. The van der Waals surface area contributed by atoms with Gasteiger partial charge >= 0.3 is 0 Å². The lowest BCUT2D eigenvalue weighted by Crippen LogP contribution is -2.28. The van der Waals surface area contributed by atoms with Gasteiger partial charge in [-0.3, -0.25) is 9.59 Å². The van der Waals surface area contributed by atoms with Gasteiger partial charge < -0.3 is 15.0 Å². The minimum absolute atomic E-state index is 0.0667. The topological polar surface area (TPSA) is 71.2 Å². The lowest BCUT2D eigenvalue weighted by molar-refractivity contribution is -0.120. The number of carbonyl (C=O) groups is 1. The quantitative estimate of drug-likeness (QED) is 0.718. The number of aromatic amines is 1. The molecule has 2 N–H and O–H groups in total. The molecule has 1 heterocycles. The van der Waals surface area contributed by atoms with Crippen LogP contribution >= 0.6 is 0 Å². The van der Waals surface area contributed by atoms with Gasteiger partial charge in [0.1, 0.15) is 5.75 Å². The average molecular weight is 350 g/mol. The van der Waals surface area contributed by atoms with E-state index >= 15 is 0 Å². The van der Waals surface area contributed by atoms with Crippen molar-refractivity contribution in [2.24, 2.45) is 0 Å². The van der Waals surface area contributed by atoms with Crippen LogP contribution in [0.4, 0.5) is 0 Å². The van der Waals surface area contributed by atoms with E-state index in [0.29, 0.717) is 24.9 Å². The van der Waals surface area contributed by atoms with Gasteiger partial charge in [0.05, 0.1) is 13.5 Å². The van der Waals surface area contributed by atoms with Crippen LogP contribution in [0, 0.1) is 6.92 Å². The smallest absolute Gasteiger partial charge is 0.251 e. The summed E-state index contributed by atoms with van der Waals surface area (Å²) in [5.74, 6) is 0.697. The first-order valence-electron chi connectivity index (χ1n) is 8.57. The predicted molar refractivity (Wildman–Crippen MR) is 103 cm³/mol. The first-order valence-corrected chi connectivity index (χ1v) is 8.57. The van der Waals surface area contributed by atoms with Crippen molar-refractivity contribution in [1.29, 1.82) is 0 Å². The van der Waals surface area contributed by atoms with E-state index in [9.17, 15) is 9.59 Å². The van der Waals surface area contributed by atoms with E-state index < -0.39 is 0 Å². The zero-order valence-electron chi connectivity index (χ0n) is 15.0. The fourth-order valence-electron chi connectivity index (χ4n) is 2.87. The van der Waals surface area contributed by atoms with Gasteiger partial charge in [-0.15, -0.1) is 0 Å². The highest BCUT2D eigenvalue weighted by molar-refractivity contribution is 5.80. The van der Waals surface area contributed by atoms with Crippen molar-refractivity contribution in [2.75, 3.05) is 13.7 Å². The highest BCUT2D eigenvalue weighted by atomic mass is 16.5. The lowest BCUT2D eigenvalue weighted by Gasteiger charge is -2.07. The number of carbonyl (C=O) groups excluding carboxylic acids is 1. The van der Waals surface area contributed by atoms with Crippen LogP contribution in [0.25, 0.3) is 10.9 Å². The summed E-state index contributed by atoms with van der Waals surface area (Å²) in [6, 6.07) is 15.3. The Balaban J connectivity index is 1.57. The van der Waals surface area contributed by atoms with Gasteiger partial charge in [-0.2, -0.15) is 0 Å². The summed E-state index contributed by atoms with van der Waals surface area (Å²) in [5.41, 5.74) is 3.43. The molecule has 0 unspecified atom stereocenters. The molecule has 0 radical (unpaired) electrons. The van der Waals surface area contributed by atoms with Crippen LogP contribution in [-0.2, 0) is 17.6 Å². The Labute approximate surface area is 152 Å². The second-order valence-corrected chi connectivity index (χ2v) is 6.34. The van der Waals surface area contributed by atoms with Gasteiger partial charge in [-0.1, -0.05) is 24.3 Å². The Morgan fingerprint density at radius 3 is 2.62 bits per heavy atom. The molecule has 26 heavy (non-hydrogen) atoms. The van der Waals surface area contributed by atoms with Crippen molar-refractivity contribution < 1.29 is 9.53 Å². The maximum atomic E-state index is 12.2. The molecule has 1 aromatic heterocycles. The minimum Gasteiger partial charge on any atom is -0.497 e. The molecule has 0 aliphatic rings. The van der Waals surface area contributed by atoms with Crippen molar-refractivity contribution in [2.45, 2.75) is 19.8 Å². The summed E-state index contributed by atoms with van der Waals surface area (Å²) in [6.07, 6.45) is 0.796. The minimum atomic E-state index is -0.104. The van der Waals surface area contributed by atoms with Crippen molar-refractivity contribution in [3.8, 4) is 5.75 Å². The number of aryl methyl sites for hydroxylation is 1. The van der Waals surface area contributed by atoms with Crippen LogP contribution in [0.3, 0.4) is 0 Å². The normalized spacial score (nSPS) is 10.7. The SMILES string of the molecule is COc1ccc(CC(=O)NCCc2cc3ccc(C)cc3[nH]c2=O)cc1. The Kier molecular flexibility index (Phi) is 5.37. The number of aromatic nitrogens is 1. The number of hydrogen-bond acceptors (Lipinski definition) is 3. The monoisotopic (exact) mass is 350 g/mol. The third-order valence-corrected chi connectivity index (χ3v) is 4.32. The standard InChI is InChI=1S/C21H22N2O3/c1-14-3-6-16-13-17(21(25)23-19(16)11-14)9-10-22-20(24)12-15-4-7-18(26-2)8-5-15/h3-8,11,13H,9-10,12H2,1-2H3,(H,22,24)(H,23,25). The molecule has 1 amide bonds. The second kappa shape index (κ2) is 7.87. The number of amides is 1. The van der Waals surface area contributed by atoms with E-state index in [1.54, 1.807) is 7.11 Å². The molecule has 134 valence electrons. The maximum absolute atomic E-state index is 12.2. The van der Waals surface area contributed by atoms with Crippen molar-refractivity contribution in [3.63, 3.8) is 0 Å². The number of methoxy groups -OCH3 is 1. The number of pyridine rings is 1. The number of nitrogens with one attached hydrogen (secondary N) is 2. The molecule has 0 aliphatic carbocycles. The van der Waals surface area contributed by atoms with E-state index in [-0.39, 0.29) is 11.5 Å². The molecule has 5 nitrogen and oxygen atoms in total. The van der Waals surface area contributed by atoms with Crippen molar-refractivity contribution in [1.82, 2.24) is 10.3 Å². The Bertz CT molecular complexity index is 975. The van der Waals surface area contributed by atoms with Gasteiger partial charge in [0.2, 0.25) is 5.91 Å². The van der Waals surface area contributed by atoms with Gasteiger partial charge in [0.15, 0.2) is 0 Å². The maximum Gasteiger partial charge on any atom is 0.251 e. The predicted octanol–water partition coefficient (Wildman–Crippen LogP) is 2.75. The lowest BCUT2D eigenvalue weighted by atomic mass is 10.1. The Hall–Kier alpha value is -3.08. The number of fused-ring (bicyclic) bond motifs is 1. The first-order chi connectivity index (χ1) is 12.5. The molecule has 3 rings (SSSR count). The number of hydrogen-bond donors (Lipinski definition) is 2. The van der Waals surface area contributed by atoms with Crippen LogP contribution in [0.2, 0.25) is 0 Å². The van der Waals surface area contributed by atoms with Crippen molar-refractivity contribution >= 4 is 16.8 Å². The molecule has 2 aromatic carbocycles. The van der Waals surface area contributed by atoms with Crippen LogP contribution in [-0.4, -0.2) is 24.5 Å². The molecule has 3 aromatic rings. The molecular formula is C21H22N2O3. The zero-order valence-corrected chi connectivity index (χ0v) is 15.0. The van der Waals surface area contributed by atoms with Crippen LogP contribution < -0.4 is 15.6 Å². The summed E-state index contributed by atoms with van der Waals surface area (Å²) in [6.45, 7) is 2.42. The molecule has 5 heteroatoms. The van der Waals surface area contributed by atoms with E-state index in [0.717, 1.165) is 27.8 Å². The van der Waals surface area contributed by atoms with Crippen LogP contribution in [0.5, 0.6) is 5.75 Å². The number of benzene rings is 2. The van der Waals surface area contributed by atoms with Gasteiger partial charge in [-0.25, -0.2) is 0 Å². The summed E-state index contributed by atoms with van der Waals surface area (Å²) < 4.78 is 5.10. The van der Waals surface area contributed by atoms with E-state index in [1.807, 2.05) is 55.5 Å². The van der Waals surface area contributed by atoms with Crippen LogP contribution in [0.15, 0.2) is 53.3 Å². The molecule has 0 fully saturated rings. The number of rotatable bonds is 6. The molecule has 0 saturated heterocycles. The molecular weight excluding hydrogens is 328 g/mol. The highest BCUT2D eigenvalue weighted by Crippen LogP contribution is 2.13. The van der Waals surface area contributed by atoms with E-state index in [1.165, 1.54) is 0 Å². The molecule has 0 spiro atoms. The zero-order chi connectivity index (χ0) is 18.5. The average Bonchev–Trinajstić information content (AvgIpc) is 2.63. The van der Waals surface area contributed by atoms with Gasteiger partial charge in [0.25, 0.3) is 5.56 Å². The molecule has 0 bridgehead atoms.